The van der Waals surface area contributed by atoms with E-state index in [4.69, 9.17) is 0 Å². The van der Waals surface area contributed by atoms with Crippen LogP contribution in [0.3, 0.4) is 0 Å². The molecule has 0 unspecified atom stereocenters. The van der Waals surface area contributed by atoms with Crippen molar-refractivity contribution in [2.75, 3.05) is 48.5 Å². The molecule has 0 atom stereocenters. The zero-order chi connectivity index (χ0) is 18.9. The molecule has 0 bridgehead atoms. The van der Waals surface area contributed by atoms with Gasteiger partial charge in [0.15, 0.2) is 0 Å². The van der Waals surface area contributed by atoms with Crippen molar-refractivity contribution in [3.63, 3.8) is 0 Å². The molecule has 2 heterocycles. The molecule has 1 saturated heterocycles. The monoisotopic (exact) mass is 385 g/mol. The summed E-state index contributed by atoms with van der Waals surface area (Å²) < 4.78 is 27.5. The number of hydrogen-bond acceptors (Lipinski definition) is 4. The molecule has 5 nitrogen and oxygen atoms in total. The van der Waals surface area contributed by atoms with Crippen molar-refractivity contribution in [1.82, 2.24) is 4.90 Å². The summed E-state index contributed by atoms with van der Waals surface area (Å²) in [6, 6.07) is 14.9. The van der Waals surface area contributed by atoms with Gasteiger partial charge in [-0.3, -0.25) is 9.21 Å². The summed E-state index contributed by atoms with van der Waals surface area (Å²) in [5, 5.41) is 0. The Morgan fingerprint density at radius 2 is 1.67 bits per heavy atom. The summed E-state index contributed by atoms with van der Waals surface area (Å²) in [6.07, 6.45) is 1.97. The van der Waals surface area contributed by atoms with Crippen LogP contribution in [0.2, 0.25) is 0 Å². The number of hydrogen-bond donors (Lipinski definition) is 0. The van der Waals surface area contributed by atoms with Gasteiger partial charge < -0.3 is 4.90 Å². The van der Waals surface area contributed by atoms with Gasteiger partial charge in [-0.15, -0.1) is 0 Å². The quantitative estimate of drug-likeness (QED) is 0.794. The van der Waals surface area contributed by atoms with E-state index >= 15 is 0 Å². The molecule has 0 amide bonds. The van der Waals surface area contributed by atoms with Crippen LogP contribution in [0.5, 0.6) is 0 Å². The lowest BCUT2D eigenvalue weighted by Crippen LogP contribution is -2.46. The normalized spacial score (nSPS) is 18.0. The Bertz CT molecular complexity index is 891. The summed E-state index contributed by atoms with van der Waals surface area (Å²) in [6.45, 7) is 8.17. The maximum Gasteiger partial charge on any atom is 0.264 e. The second-order valence-electron chi connectivity index (χ2n) is 7.28. The Kier molecular flexibility index (Phi) is 5.10. The maximum absolute atomic E-state index is 13.0. The fourth-order valence-electron chi connectivity index (χ4n) is 4.07. The van der Waals surface area contributed by atoms with E-state index in [0.29, 0.717) is 11.4 Å². The van der Waals surface area contributed by atoms with Crippen LogP contribution < -0.4 is 9.21 Å². The molecule has 0 aliphatic carbocycles. The minimum absolute atomic E-state index is 0.356. The standard InChI is InChI=1S/C21H27N3O2S/c1-2-11-22-13-15-23(16-14-22)19-8-9-21-18(17-19)10-12-24(21)27(25,26)20-6-4-3-5-7-20/h3-9,17H,2,10-16H2,1H3. The highest BCUT2D eigenvalue weighted by Gasteiger charge is 2.31. The van der Waals surface area contributed by atoms with E-state index in [1.165, 1.54) is 18.7 Å². The molecule has 0 spiro atoms. The molecule has 4 rings (SSSR count). The lowest BCUT2D eigenvalue weighted by molar-refractivity contribution is 0.258. The zero-order valence-electron chi connectivity index (χ0n) is 15.8. The van der Waals surface area contributed by atoms with E-state index in [1.54, 1.807) is 28.6 Å². The average Bonchev–Trinajstić information content (AvgIpc) is 3.13. The summed E-state index contributed by atoms with van der Waals surface area (Å²) in [5.41, 5.74) is 3.17. The first-order chi connectivity index (χ1) is 13.1. The molecule has 2 aromatic carbocycles. The van der Waals surface area contributed by atoms with Crippen LogP contribution in [0.4, 0.5) is 11.4 Å². The summed E-state index contributed by atoms with van der Waals surface area (Å²) >= 11 is 0. The first-order valence-electron chi connectivity index (χ1n) is 9.77. The summed E-state index contributed by atoms with van der Waals surface area (Å²) in [5.74, 6) is 0. The van der Waals surface area contributed by atoms with Crippen molar-refractivity contribution < 1.29 is 8.42 Å². The highest BCUT2D eigenvalue weighted by atomic mass is 32.2. The molecule has 0 radical (unpaired) electrons. The van der Waals surface area contributed by atoms with E-state index in [-0.39, 0.29) is 0 Å². The second kappa shape index (κ2) is 7.52. The summed E-state index contributed by atoms with van der Waals surface area (Å²) in [7, 11) is -3.49. The molecule has 2 aromatic rings. The molecule has 2 aliphatic heterocycles. The Balaban J connectivity index is 1.53. The van der Waals surface area contributed by atoms with E-state index in [9.17, 15) is 8.42 Å². The average molecular weight is 386 g/mol. The highest BCUT2D eigenvalue weighted by molar-refractivity contribution is 7.92. The Morgan fingerprint density at radius 3 is 2.37 bits per heavy atom. The molecule has 144 valence electrons. The van der Waals surface area contributed by atoms with E-state index in [1.807, 2.05) is 12.1 Å². The highest BCUT2D eigenvalue weighted by Crippen LogP contribution is 2.35. The smallest absolute Gasteiger partial charge is 0.264 e. The van der Waals surface area contributed by atoms with Crippen molar-refractivity contribution in [1.29, 1.82) is 0 Å². The zero-order valence-corrected chi connectivity index (χ0v) is 16.7. The number of sulfonamides is 1. The Labute approximate surface area is 162 Å². The molecule has 0 aromatic heterocycles. The number of anilines is 2. The molecule has 0 N–H and O–H groups in total. The van der Waals surface area contributed by atoms with Crippen molar-refractivity contribution >= 4 is 21.4 Å². The van der Waals surface area contributed by atoms with Gasteiger partial charge in [-0.2, -0.15) is 0 Å². The molecule has 1 fully saturated rings. The third kappa shape index (κ3) is 3.56. The predicted molar refractivity (Wildman–Crippen MR) is 110 cm³/mol. The first-order valence-corrected chi connectivity index (χ1v) is 11.2. The summed E-state index contributed by atoms with van der Waals surface area (Å²) in [4.78, 5) is 5.28. The molecule has 0 saturated carbocycles. The van der Waals surface area contributed by atoms with Crippen molar-refractivity contribution in [2.24, 2.45) is 0 Å². The fraction of sp³-hybridized carbons (Fsp3) is 0.429. The van der Waals surface area contributed by atoms with Gasteiger partial charge in [0.2, 0.25) is 0 Å². The van der Waals surface area contributed by atoms with E-state index in [0.717, 1.165) is 43.9 Å². The maximum atomic E-state index is 13.0. The van der Waals surface area contributed by atoms with Crippen LogP contribution >= 0.6 is 0 Å². The predicted octanol–water partition coefficient (Wildman–Crippen LogP) is 2.97. The van der Waals surface area contributed by atoms with Gasteiger partial charge in [-0.25, -0.2) is 8.42 Å². The number of rotatable bonds is 5. The number of nitrogens with zero attached hydrogens (tertiary/aromatic N) is 3. The van der Waals surface area contributed by atoms with Crippen LogP contribution in [0.15, 0.2) is 53.4 Å². The first kappa shape index (κ1) is 18.3. The molecule has 6 heteroatoms. The van der Waals surface area contributed by atoms with Gasteiger partial charge in [0.1, 0.15) is 0 Å². The van der Waals surface area contributed by atoms with Crippen molar-refractivity contribution in [3.8, 4) is 0 Å². The van der Waals surface area contributed by atoms with Crippen LogP contribution in [0, 0.1) is 0 Å². The molecular formula is C21H27N3O2S. The van der Waals surface area contributed by atoms with Gasteiger partial charge in [0.25, 0.3) is 10.0 Å². The fourth-order valence-corrected chi connectivity index (χ4v) is 5.59. The minimum Gasteiger partial charge on any atom is -0.369 e. The third-order valence-corrected chi connectivity index (χ3v) is 7.35. The van der Waals surface area contributed by atoms with Crippen LogP contribution in [-0.2, 0) is 16.4 Å². The van der Waals surface area contributed by atoms with E-state index in [2.05, 4.69) is 28.9 Å². The number of fused-ring (bicyclic) bond motifs is 1. The molecule has 2 aliphatic rings. The lowest BCUT2D eigenvalue weighted by Gasteiger charge is -2.36. The van der Waals surface area contributed by atoms with Gasteiger partial charge in [-0.1, -0.05) is 25.1 Å². The van der Waals surface area contributed by atoms with Crippen LogP contribution in [-0.4, -0.2) is 52.6 Å². The number of piperazine rings is 1. The van der Waals surface area contributed by atoms with Gasteiger partial charge in [0, 0.05) is 38.4 Å². The van der Waals surface area contributed by atoms with Gasteiger partial charge >= 0.3 is 0 Å². The van der Waals surface area contributed by atoms with Gasteiger partial charge in [-0.05, 0) is 55.3 Å². The SMILES string of the molecule is CCCN1CCN(c2ccc3c(c2)CCN3S(=O)(=O)c2ccccc2)CC1. The topological polar surface area (TPSA) is 43.9 Å². The number of benzene rings is 2. The van der Waals surface area contributed by atoms with Crippen LogP contribution in [0.25, 0.3) is 0 Å². The van der Waals surface area contributed by atoms with Crippen molar-refractivity contribution in [2.45, 2.75) is 24.7 Å². The van der Waals surface area contributed by atoms with Gasteiger partial charge in [0.05, 0.1) is 10.6 Å². The Hall–Kier alpha value is -2.05. The largest absolute Gasteiger partial charge is 0.369 e. The third-order valence-electron chi connectivity index (χ3n) is 5.52. The minimum atomic E-state index is -3.49. The lowest BCUT2D eigenvalue weighted by atomic mass is 10.1. The Morgan fingerprint density at radius 1 is 0.926 bits per heavy atom. The van der Waals surface area contributed by atoms with E-state index < -0.39 is 10.0 Å². The van der Waals surface area contributed by atoms with Crippen LogP contribution in [0.1, 0.15) is 18.9 Å². The molecule has 27 heavy (non-hydrogen) atoms. The van der Waals surface area contributed by atoms with Crippen molar-refractivity contribution in [3.05, 3.63) is 54.1 Å². The second-order valence-corrected chi connectivity index (χ2v) is 9.14. The molecular weight excluding hydrogens is 358 g/mol.